The average molecular weight is 549 g/mol. The Bertz CT molecular complexity index is 1260. The molecule has 1 amide bonds. The van der Waals surface area contributed by atoms with Crippen molar-refractivity contribution >= 4 is 45.0 Å². The Labute approximate surface area is 210 Å². The summed E-state index contributed by atoms with van der Waals surface area (Å²) in [5, 5.41) is 4.55. The number of sulfonamides is 1. The number of nitrogens with one attached hydrogen (secondary N) is 1. The lowest BCUT2D eigenvalue weighted by atomic mass is 10.1. The second-order valence-corrected chi connectivity index (χ2v) is 11.0. The van der Waals surface area contributed by atoms with Crippen LogP contribution < -0.4 is 4.83 Å². The summed E-state index contributed by atoms with van der Waals surface area (Å²) in [5.41, 5.74) is 0.276. The van der Waals surface area contributed by atoms with Crippen molar-refractivity contribution in [1.82, 2.24) is 14.6 Å². The van der Waals surface area contributed by atoms with E-state index in [0.717, 1.165) is 10.5 Å². The van der Waals surface area contributed by atoms with E-state index in [1.165, 1.54) is 12.1 Å². The molecule has 0 aromatic heterocycles. The highest BCUT2D eigenvalue weighted by atomic mass is 35.5. The highest BCUT2D eigenvalue weighted by Gasteiger charge is 2.56. The molecule has 1 aliphatic carbocycles. The third kappa shape index (κ3) is 5.22. The minimum absolute atomic E-state index is 0.0156. The number of hydrogen-bond acceptors (Lipinski definition) is 4. The Balaban J connectivity index is 1.71. The van der Waals surface area contributed by atoms with Crippen molar-refractivity contribution in [3.63, 3.8) is 0 Å². The van der Waals surface area contributed by atoms with Gasteiger partial charge in [0.25, 0.3) is 10.0 Å². The zero-order valence-electron chi connectivity index (χ0n) is 18.4. The first-order valence-corrected chi connectivity index (χ1v) is 12.8. The first-order valence-electron chi connectivity index (χ1n) is 10.6. The SMILES string of the molecule is Cc1ccc(S(=O)(=O)N/N=C(\c2c(Cl)cccc2Cl)N2CCN(C(=O)C(F)(F)F)CC23CC3)cc1. The van der Waals surface area contributed by atoms with E-state index < -0.39 is 27.6 Å². The van der Waals surface area contributed by atoms with Gasteiger partial charge in [-0.2, -0.15) is 26.4 Å². The molecule has 0 unspecified atom stereocenters. The molecular weight excluding hydrogens is 528 g/mol. The molecule has 2 aliphatic rings. The summed E-state index contributed by atoms with van der Waals surface area (Å²) in [4.78, 5) is 16.5. The number of hydrogen-bond donors (Lipinski definition) is 1. The van der Waals surface area contributed by atoms with Crippen LogP contribution in [0.1, 0.15) is 24.0 Å². The normalized spacial score (nSPS) is 18.1. The van der Waals surface area contributed by atoms with Crippen molar-refractivity contribution in [1.29, 1.82) is 0 Å². The van der Waals surface area contributed by atoms with E-state index >= 15 is 0 Å². The van der Waals surface area contributed by atoms with Crippen LogP contribution in [-0.2, 0) is 14.8 Å². The molecule has 2 fully saturated rings. The van der Waals surface area contributed by atoms with Gasteiger partial charge in [0.2, 0.25) is 0 Å². The summed E-state index contributed by atoms with van der Waals surface area (Å²) in [6.45, 7) is 1.38. The number of halogens is 5. The highest BCUT2D eigenvalue weighted by Crippen LogP contribution is 2.46. The lowest BCUT2D eigenvalue weighted by Gasteiger charge is -2.44. The standard InChI is InChI=1S/C22H21Cl2F3N4O3S/c1-14-5-7-15(8-6-14)35(33,34)29-28-19(18-16(23)3-2-4-17(18)24)31-12-11-30(13-21(31)9-10-21)20(32)22(25,26)27/h2-8,29H,9-13H2,1H3/b28-19+. The predicted molar refractivity (Wildman–Crippen MR) is 126 cm³/mol. The van der Waals surface area contributed by atoms with E-state index in [-0.39, 0.29) is 46.0 Å². The molecule has 4 rings (SSSR count). The molecular formula is C22H21Cl2F3N4O3S. The molecule has 7 nitrogen and oxygen atoms in total. The highest BCUT2D eigenvalue weighted by molar-refractivity contribution is 7.89. The van der Waals surface area contributed by atoms with Crippen LogP contribution >= 0.6 is 23.2 Å². The molecule has 13 heteroatoms. The zero-order valence-corrected chi connectivity index (χ0v) is 20.8. The number of amidine groups is 1. The van der Waals surface area contributed by atoms with Gasteiger partial charge in [0.1, 0.15) is 0 Å². The van der Waals surface area contributed by atoms with E-state index in [1.54, 1.807) is 35.2 Å². The second kappa shape index (κ2) is 9.18. The molecule has 1 saturated carbocycles. The van der Waals surface area contributed by atoms with Crippen LogP contribution in [0.25, 0.3) is 0 Å². The van der Waals surface area contributed by atoms with Crippen molar-refractivity contribution in [3.05, 3.63) is 63.6 Å². The quantitative estimate of drug-likeness (QED) is 0.353. The maximum atomic E-state index is 13.0. The fourth-order valence-corrected chi connectivity index (χ4v) is 5.44. The molecule has 1 N–H and O–H groups in total. The van der Waals surface area contributed by atoms with E-state index in [9.17, 15) is 26.4 Å². The molecule has 2 aromatic carbocycles. The molecule has 1 spiro atoms. The number of alkyl halides is 3. The van der Waals surface area contributed by atoms with E-state index in [1.807, 2.05) is 6.92 Å². The first kappa shape index (κ1) is 25.6. The first-order chi connectivity index (χ1) is 16.3. The summed E-state index contributed by atoms with van der Waals surface area (Å²) >= 11 is 12.8. The van der Waals surface area contributed by atoms with Gasteiger partial charge in [-0.05, 0) is 44.0 Å². The summed E-state index contributed by atoms with van der Waals surface area (Å²) in [5.74, 6) is -1.83. The number of benzene rings is 2. The number of amides is 1. The van der Waals surface area contributed by atoms with Gasteiger partial charge in [0.05, 0.1) is 26.0 Å². The molecule has 188 valence electrons. The molecule has 1 saturated heterocycles. The van der Waals surface area contributed by atoms with E-state index in [4.69, 9.17) is 23.2 Å². The maximum Gasteiger partial charge on any atom is 0.471 e. The number of carbonyl (C=O) groups excluding carboxylic acids is 1. The third-order valence-corrected chi connectivity index (χ3v) is 7.91. The van der Waals surface area contributed by atoms with Crippen molar-refractivity contribution in [3.8, 4) is 0 Å². The predicted octanol–water partition coefficient (Wildman–Crippen LogP) is 4.18. The summed E-state index contributed by atoms with van der Waals surface area (Å²) < 4.78 is 64.9. The van der Waals surface area contributed by atoms with Gasteiger partial charge >= 0.3 is 12.1 Å². The molecule has 1 heterocycles. The van der Waals surface area contributed by atoms with Crippen molar-refractivity contribution < 1.29 is 26.4 Å². The lowest BCUT2D eigenvalue weighted by molar-refractivity contribution is -0.187. The van der Waals surface area contributed by atoms with Crippen LogP contribution in [0.4, 0.5) is 13.2 Å². The largest absolute Gasteiger partial charge is 0.471 e. The van der Waals surface area contributed by atoms with Gasteiger partial charge in [-0.25, -0.2) is 0 Å². The number of hydrazone groups is 1. The third-order valence-electron chi connectivity index (χ3n) is 6.05. The average Bonchev–Trinajstić information content (AvgIpc) is 3.54. The fraction of sp³-hybridized carbons (Fsp3) is 0.364. The van der Waals surface area contributed by atoms with Crippen LogP contribution in [0.2, 0.25) is 10.0 Å². The minimum Gasteiger partial charge on any atom is -0.345 e. The van der Waals surface area contributed by atoms with Gasteiger partial charge in [0.15, 0.2) is 5.84 Å². The van der Waals surface area contributed by atoms with Crippen LogP contribution in [0.15, 0.2) is 52.5 Å². The van der Waals surface area contributed by atoms with Crippen molar-refractivity contribution in [2.24, 2.45) is 5.10 Å². The number of rotatable bonds is 4. The zero-order chi connectivity index (χ0) is 25.6. The van der Waals surface area contributed by atoms with Crippen LogP contribution in [0.3, 0.4) is 0 Å². The summed E-state index contributed by atoms with van der Waals surface area (Å²) in [6.07, 6.45) is -4.01. The summed E-state index contributed by atoms with van der Waals surface area (Å²) in [6, 6.07) is 10.8. The number of aryl methyl sites for hydroxylation is 1. The van der Waals surface area contributed by atoms with Crippen LogP contribution in [-0.4, -0.2) is 61.3 Å². The van der Waals surface area contributed by atoms with Gasteiger partial charge in [-0.15, -0.1) is 5.10 Å². The van der Waals surface area contributed by atoms with E-state index in [2.05, 4.69) is 9.93 Å². The van der Waals surface area contributed by atoms with E-state index in [0.29, 0.717) is 12.8 Å². The Morgan fingerprint density at radius 1 is 1.06 bits per heavy atom. The Kier molecular flexibility index (Phi) is 6.71. The molecule has 1 aliphatic heterocycles. The van der Waals surface area contributed by atoms with Gasteiger partial charge in [0, 0.05) is 19.6 Å². The molecule has 0 bridgehead atoms. The fourth-order valence-electron chi connectivity index (χ4n) is 4.07. The monoisotopic (exact) mass is 548 g/mol. The molecule has 35 heavy (non-hydrogen) atoms. The molecule has 0 radical (unpaired) electrons. The Morgan fingerprint density at radius 3 is 2.20 bits per heavy atom. The Morgan fingerprint density at radius 2 is 1.66 bits per heavy atom. The van der Waals surface area contributed by atoms with Gasteiger partial charge in [-0.3, -0.25) is 4.79 Å². The topological polar surface area (TPSA) is 82.1 Å². The summed E-state index contributed by atoms with van der Waals surface area (Å²) in [7, 11) is -4.07. The van der Waals surface area contributed by atoms with Crippen LogP contribution in [0.5, 0.6) is 0 Å². The van der Waals surface area contributed by atoms with Gasteiger partial charge in [-0.1, -0.05) is 47.0 Å². The minimum atomic E-state index is -4.98. The number of nitrogens with zero attached hydrogens (tertiary/aromatic N) is 3. The second-order valence-electron chi connectivity index (χ2n) is 8.54. The lowest BCUT2D eigenvalue weighted by Crippen LogP contribution is -2.60. The number of piperazine rings is 1. The van der Waals surface area contributed by atoms with Crippen molar-refractivity contribution in [2.45, 2.75) is 36.4 Å². The van der Waals surface area contributed by atoms with Crippen molar-refractivity contribution in [2.75, 3.05) is 19.6 Å². The number of carbonyl (C=O) groups is 1. The molecule has 2 aromatic rings. The molecule has 0 atom stereocenters. The smallest absolute Gasteiger partial charge is 0.345 e. The maximum absolute atomic E-state index is 13.0. The van der Waals surface area contributed by atoms with Crippen LogP contribution in [0, 0.1) is 6.92 Å². The Hall–Kier alpha value is -2.50. The van der Waals surface area contributed by atoms with Gasteiger partial charge < -0.3 is 9.80 Å².